The molecule has 2 heterocycles. The maximum atomic E-state index is 11.8. The fourth-order valence-corrected chi connectivity index (χ4v) is 2.96. The van der Waals surface area contributed by atoms with Gasteiger partial charge in [0, 0.05) is 24.1 Å². The van der Waals surface area contributed by atoms with Gasteiger partial charge in [0.1, 0.15) is 4.88 Å². The second kappa shape index (κ2) is 5.77. The highest BCUT2D eigenvalue weighted by Crippen LogP contribution is 2.22. The van der Waals surface area contributed by atoms with E-state index in [9.17, 15) is 4.79 Å². The van der Waals surface area contributed by atoms with Crippen LogP contribution in [0.3, 0.4) is 0 Å². The SMILES string of the molecule is O=C(NCC1CNCCO1)c1sccc1Br. The summed E-state index contributed by atoms with van der Waals surface area (Å²) in [6.07, 6.45) is 0.0800. The number of amides is 1. The van der Waals surface area contributed by atoms with Crippen LogP contribution in [0.1, 0.15) is 9.67 Å². The molecule has 1 aromatic rings. The van der Waals surface area contributed by atoms with Crippen molar-refractivity contribution in [3.8, 4) is 0 Å². The number of halogens is 1. The lowest BCUT2D eigenvalue weighted by Gasteiger charge is -2.23. The number of hydrogen-bond acceptors (Lipinski definition) is 4. The van der Waals surface area contributed by atoms with Crippen LogP contribution in [0.5, 0.6) is 0 Å². The number of nitrogens with one attached hydrogen (secondary N) is 2. The Balaban J connectivity index is 1.81. The zero-order chi connectivity index (χ0) is 11.4. The minimum Gasteiger partial charge on any atom is -0.374 e. The normalized spacial score (nSPS) is 20.7. The summed E-state index contributed by atoms with van der Waals surface area (Å²) in [5, 5.41) is 7.98. The summed E-state index contributed by atoms with van der Waals surface area (Å²) in [6.45, 7) is 2.95. The van der Waals surface area contributed by atoms with E-state index in [0.29, 0.717) is 18.0 Å². The fraction of sp³-hybridized carbons (Fsp3) is 0.500. The van der Waals surface area contributed by atoms with Gasteiger partial charge in [-0.1, -0.05) is 0 Å². The highest BCUT2D eigenvalue weighted by molar-refractivity contribution is 9.10. The summed E-state index contributed by atoms with van der Waals surface area (Å²) < 4.78 is 6.34. The molecule has 1 aliphatic heterocycles. The standard InChI is InChI=1S/C10H13BrN2O2S/c11-8-1-4-16-9(8)10(14)13-6-7-5-12-2-3-15-7/h1,4,7,12H,2-3,5-6H2,(H,13,14). The third kappa shape index (κ3) is 3.04. The van der Waals surface area contributed by atoms with Crippen molar-refractivity contribution in [2.45, 2.75) is 6.10 Å². The van der Waals surface area contributed by atoms with E-state index < -0.39 is 0 Å². The Hall–Kier alpha value is -0.430. The summed E-state index contributed by atoms with van der Waals surface area (Å²) in [6, 6.07) is 1.87. The fourth-order valence-electron chi connectivity index (χ4n) is 1.49. The average Bonchev–Trinajstić information content (AvgIpc) is 2.74. The Labute approximate surface area is 106 Å². The van der Waals surface area contributed by atoms with Gasteiger partial charge in [0.15, 0.2) is 0 Å². The molecule has 1 fully saturated rings. The molecule has 1 atom stereocenters. The van der Waals surface area contributed by atoms with Gasteiger partial charge >= 0.3 is 0 Å². The van der Waals surface area contributed by atoms with E-state index in [1.165, 1.54) is 11.3 Å². The van der Waals surface area contributed by atoms with Crippen molar-refractivity contribution < 1.29 is 9.53 Å². The Morgan fingerprint density at radius 3 is 3.25 bits per heavy atom. The second-order valence-corrected chi connectivity index (χ2v) is 5.28. The van der Waals surface area contributed by atoms with Gasteiger partial charge in [-0.3, -0.25) is 4.79 Å². The van der Waals surface area contributed by atoms with E-state index in [1.807, 2.05) is 11.4 Å². The molecule has 0 aliphatic carbocycles. The molecule has 1 aliphatic rings. The zero-order valence-electron chi connectivity index (χ0n) is 8.66. The molecule has 1 unspecified atom stereocenters. The minimum atomic E-state index is -0.0453. The van der Waals surface area contributed by atoms with Crippen LogP contribution >= 0.6 is 27.3 Å². The molecule has 0 saturated carbocycles. The number of hydrogen-bond donors (Lipinski definition) is 2. The Bertz CT molecular complexity index is 363. The van der Waals surface area contributed by atoms with Crippen molar-refractivity contribution in [3.05, 3.63) is 20.8 Å². The van der Waals surface area contributed by atoms with Crippen LogP contribution in [-0.2, 0) is 4.74 Å². The first-order chi connectivity index (χ1) is 7.77. The lowest BCUT2D eigenvalue weighted by molar-refractivity contribution is 0.0287. The van der Waals surface area contributed by atoms with Crippen LogP contribution in [0.15, 0.2) is 15.9 Å². The van der Waals surface area contributed by atoms with Gasteiger partial charge in [-0.05, 0) is 27.4 Å². The maximum absolute atomic E-state index is 11.8. The molecule has 0 bridgehead atoms. The predicted molar refractivity (Wildman–Crippen MR) is 67.0 cm³/mol. The van der Waals surface area contributed by atoms with E-state index in [2.05, 4.69) is 26.6 Å². The van der Waals surface area contributed by atoms with Gasteiger partial charge in [-0.2, -0.15) is 0 Å². The first-order valence-electron chi connectivity index (χ1n) is 5.11. The lowest BCUT2D eigenvalue weighted by Crippen LogP contribution is -2.45. The molecular weight excluding hydrogens is 292 g/mol. The number of carbonyl (C=O) groups excluding carboxylic acids is 1. The van der Waals surface area contributed by atoms with E-state index in [1.54, 1.807) is 0 Å². The third-order valence-corrected chi connectivity index (χ3v) is 4.15. The van der Waals surface area contributed by atoms with E-state index in [0.717, 1.165) is 17.6 Å². The summed E-state index contributed by atoms with van der Waals surface area (Å²) >= 11 is 4.77. The van der Waals surface area contributed by atoms with Gasteiger partial charge in [0.25, 0.3) is 5.91 Å². The van der Waals surface area contributed by atoms with Gasteiger partial charge in [0.05, 0.1) is 12.7 Å². The van der Waals surface area contributed by atoms with Crippen LogP contribution in [0, 0.1) is 0 Å². The molecule has 16 heavy (non-hydrogen) atoms. The van der Waals surface area contributed by atoms with Crippen molar-refractivity contribution >= 4 is 33.2 Å². The topological polar surface area (TPSA) is 50.4 Å². The molecule has 2 rings (SSSR count). The van der Waals surface area contributed by atoms with Gasteiger partial charge in [-0.25, -0.2) is 0 Å². The van der Waals surface area contributed by atoms with Crippen molar-refractivity contribution in [1.82, 2.24) is 10.6 Å². The number of rotatable bonds is 3. The van der Waals surface area contributed by atoms with E-state index in [-0.39, 0.29) is 12.0 Å². The predicted octanol–water partition coefficient (Wildman–Crippen LogP) is 1.23. The van der Waals surface area contributed by atoms with Crippen LogP contribution in [-0.4, -0.2) is 38.3 Å². The second-order valence-electron chi connectivity index (χ2n) is 3.50. The number of thiophene rings is 1. The quantitative estimate of drug-likeness (QED) is 0.883. The zero-order valence-corrected chi connectivity index (χ0v) is 11.1. The first kappa shape index (κ1) is 12.0. The van der Waals surface area contributed by atoms with Gasteiger partial charge in [-0.15, -0.1) is 11.3 Å². The number of morpholine rings is 1. The average molecular weight is 305 g/mol. The van der Waals surface area contributed by atoms with Crippen LogP contribution in [0.25, 0.3) is 0 Å². The molecule has 1 aromatic heterocycles. The minimum absolute atomic E-state index is 0.0453. The molecule has 0 spiro atoms. The number of carbonyl (C=O) groups is 1. The summed E-state index contributed by atoms with van der Waals surface area (Å²) in [4.78, 5) is 12.5. The monoisotopic (exact) mass is 304 g/mol. The molecule has 0 radical (unpaired) electrons. The highest BCUT2D eigenvalue weighted by atomic mass is 79.9. The Morgan fingerprint density at radius 1 is 1.75 bits per heavy atom. The summed E-state index contributed by atoms with van der Waals surface area (Å²) in [7, 11) is 0. The van der Waals surface area contributed by atoms with Crippen molar-refractivity contribution in [3.63, 3.8) is 0 Å². The van der Waals surface area contributed by atoms with E-state index in [4.69, 9.17) is 4.74 Å². The molecule has 1 saturated heterocycles. The largest absolute Gasteiger partial charge is 0.374 e. The Kier molecular flexibility index (Phi) is 4.34. The van der Waals surface area contributed by atoms with Gasteiger partial charge in [0.2, 0.25) is 0 Å². The maximum Gasteiger partial charge on any atom is 0.262 e. The van der Waals surface area contributed by atoms with Gasteiger partial charge < -0.3 is 15.4 Å². The molecular formula is C10H13BrN2O2S. The molecule has 88 valence electrons. The van der Waals surface area contributed by atoms with Crippen LogP contribution < -0.4 is 10.6 Å². The van der Waals surface area contributed by atoms with Crippen LogP contribution in [0.2, 0.25) is 0 Å². The third-order valence-electron chi connectivity index (χ3n) is 2.32. The van der Waals surface area contributed by atoms with Crippen molar-refractivity contribution in [2.24, 2.45) is 0 Å². The number of ether oxygens (including phenoxy) is 1. The molecule has 1 amide bonds. The summed E-state index contributed by atoms with van der Waals surface area (Å²) in [5.74, 6) is -0.0453. The van der Waals surface area contributed by atoms with Crippen LogP contribution in [0.4, 0.5) is 0 Å². The molecule has 6 heteroatoms. The van der Waals surface area contributed by atoms with E-state index >= 15 is 0 Å². The first-order valence-corrected chi connectivity index (χ1v) is 6.78. The van der Waals surface area contributed by atoms with Crippen molar-refractivity contribution in [2.75, 3.05) is 26.2 Å². The molecule has 4 nitrogen and oxygen atoms in total. The van der Waals surface area contributed by atoms with Crippen molar-refractivity contribution in [1.29, 1.82) is 0 Å². The highest BCUT2D eigenvalue weighted by Gasteiger charge is 2.16. The molecule has 0 aromatic carbocycles. The lowest BCUT2D eigenvalue weighted by atomic mass is 10.3. The molecule has 2 N–H and O–H groups in total. The smallest absolute Gasteiger partial charge is 0.262 e. The Morgan fingerprint density at radius 2 is 2.62 bits per heavy atom. The summed E-state index contributed by atoms with van der Waals surface area (Å²) in [5.41, 5.74) is 0.